The number of carboxylic acid groups (broad SMARTS) is 1. The second-order valence-electron chi connectivity index (χ2n) is 9.91. The number of likely N-dealkylation sites (N-methyl/N-ethyl adjacent to an activating group) is 2. The van der Waals surface area contributed by atoms with Crippen LogP contribution in [0.4, 0.5) is 0 Å². The minimum absolute atomic E-state index is 0.0344. The molecular formula is C29H41N7O6. The van der Waals surface area contributed by atoms with Crippen molar-refractivity contribution in [3.63, 3.8) is 0 Å². The molecule has 0 fully saturated rings. The Hall–Kier alpha value is -4.65. The molecule has 9 N–H and O–H groups in total. The molecule has 0 saturated carbocycles. The van der Waals surface area contributed by atoms with E-state index in [1.165, 1.54) is 24.1 Å². The summed E-state index contributed by atoms with van der Waals surface area (Å²) in [6.07, 6.45) is 0.786. The van der Waals surface area contributed by atoms with E-state index in [-0.39, 0.29) is 37.5 Å². The van der Waals surface area contributed by atoms with Gasteiger partial charge >= 0.3 is 5.97 Å². The molecule has 0 aliphatic carbocycles. The zero-order valence-corrected chi connectivity index (χ0v) is 23.9. The molecule has 0 saturated heterocycles. The number of nitrogens with one attached hydrogen (secondary N) is 5. The summed E-state index contributed by atoms with van der Waals surface area (Å²) in [6.45, 7) is 0.259. The number of phenols is 1. The molecule has 13 heteroatoms. The molecule has 3 amide bonds. The summed E-state index contributed by atoms with van der Waals surface area (Å²) in [4.78, 5) is 52.5. The first-order chi connectivity index (χ1) is 20.0. The zero-order valence-electron chi connectivity index (χ0n) is 23.9. The number of nitrogens with zero attached hydrogens (tertiary/aromatic N) is 1. The Morgan fingerprint density at radius 1 is 0.905 bits per heavy atom. The van der Waals surface area contributed by atoms with Gasteiger partial charge in [-0.25, -0.2) is 0 Å². The maximum absolute atomic E-state index is 13.6. The Bertz CT molecular complexity index is 1190. The maximum atomic E-state index is 13.6. The lowest BCUT2D eigenvalue weighted by Gasteiger charge is -2.27. The van der Waals surface area contributed by atoms with Crippen LogP contribution in [0.2, 0.25) is 0 Å². The molecule has 42 heavy (non-hydrogen) atoms. The highest BCUT2D eigenvalue weighted by atomic mass is 16.4. The van der Waals surface area contributed by atoms with Crippen molar-refractivity contribution >= 4 is 29.7 Å². The second-order valence-corrected chi connectivity index (χ2v) is 9.91. The third-order valence-corrected chi connectivity index (χ3v) is 6.59. The van der Waals surface area contributed by atoms with Crippen LogP contribution in [0.15, 0.2) is 54.6 Å². The molecule has 0 bridgehead atoms. The fourth-order valence-electron chi connectivity index (χ4n) is 4.23. The number of carboxylic acids is 1. The monoisotopic (exact) mass is 583 g/mol. The van der Waals surface area contributed by atoms with Crippen LogP contribution in [0.25, 0.3) is 0 Å². The average molecular weight is 584 g/mol. The van der Waals surface area contributed by atoms with E-state index < -0.39 is 41.8 Å². The van der Waals surface area contributed by atoms with E-state index in [4.69, 9.17) is 16.2 Å². The van der Waals surface area contributed by atoms with Gasteiger partial charge in [-0.1, -0.05) is 42.5 Å². The number of carbonyl (C=O) groups excluding carboxylic acids is 3. The molecule has 0 unspecified atom stereocenters. The van der Waals surface area contributed by atoms with Crippen LogP contribution >= 0.6 is 0 Å². The number of aromatic hydroxyl groups is 1. The van der Waals surface area contributed by atoms with Gasteiger partial charge in [0.15, 0.2) is 5.96 Å². The predicted octanol–water partition coefficient (Wildman–Crippen LogP) is -0.0686. The molecule has 3 atom stereocenters. The molecule has 228 valence electrons. The summed E-state index contributed by atoms with van der Waals surface area (Å²) in [6, 6.07) is 12.8. The Labute approximate surface area is 245 Å². The first kappa shape index (κ1) is 33.6. The van der Waals surface area contributed by atoms with Crippen molar-refractivity contribution < 1.29 is 29.4 Å². The molecule has 0 aromatic heterocycles. The largest absolute Gasteiger partial charge is 0.508 e. The van der Waals surface area contributed by atoms with Crippen LogP contribution in [0.1, 0.15) is 30.4 Å². The zero-order chi connectivity index (χ0) is 31.1. The molecular weight excluding hydrogens is 542 g/mol. The van der Waals surface area contributed by atoms with Crippen LogP contribution in [-0.4, -0.2) is 90.1 Å². The van der Waals surface area contributed by atoms with Crippen LogP contribution < -0.4 is 27.0 Å². The van der Waals surface area contributed by atoms with Gasteiger partial charge in [-0.2, -0.15) is 0 Å². The van der Waals surface area contributed by atoms with Gasteiger partial charge in [0.2, 0.25) is 17.7 Å². The number of carbonyl (C=O) groups is 4. The summed E-state index contributed by atoms with van der Waals surface area (Å²) in [5, 5.41) is 37.1. The fourth-order valence-corrected chi connectivity index (χ4v) is 4.23. The van der Waals surface area contributed by atoms with E-state index >= 15 is 0 Å². The van der Waals surface area contributed by atoms with Gasteiger partial charge in [-0.3, -0.25) is 24.6 Å². The number of rotatable bonds is 17. The predicted molar refractivity (Wildman–Crippen MR) is 158 cm³/mol. The van der Waals surface area contributed by atoms with Gasteiger partial charge in [-0.15, -0.1) is 0 Å². The number of phenolic OH excluding ortho intramolecular Hbond substituents is 1. The smallest absolute Gasteiger partial charge is 0.305 e. The molecule has 2 aromatic carbocycles. The van der Waals surface area contributed by atoms with E-state index in [2.05, 4.69) is 21.3 Å². The third kappa shape index (κ3) is 11.8. The highest BCUT2D eigenvalue weighted by Crippen LogP contribution is 2.12. The SMILES string of the molecule is CN[C@@H](Cc1ccc(O)cc1)C(=O)N[C@H](CCCNC(=N)N)C(=O)N[C@@H](Cc1ccccc1)C(=O)N(C)CCC(=O)O. The first-order valence-corrected chi connectivity index (χ1v) is 13.6. The summed E-state index contributed by atoms with van der Waals surface area (Å²) in [5.41, 5.74) is 6.94. The Morgan fingerprint density at radius 2 is 1.48 bits per heavy atom. The minimum Gasteiger partial charge on any atom is -0.508 e. The highest BCUT2D eigenvalue weighted by Gasteiger charge is 2.30. The van der Waals surface area contributed by atoms with Gasteiger partial charge in [0.25, 0.3) is 0 Å². The Balaban J connectivity index is 2.23. The van der Waals surface area contributed by atoms with Gasteiger partial charge < -0.3 is 42.1 Å². The van der Waals surface area contributed by atoms with Crippen molar-refractivity contribution in [2.75, 3.05) is 27.2 Å². The Morgan fingerprint density at radius 3 is 2.07 bits per heavy atom. The number of amides is 3. The van der Waals surface area contributed by atoms with Crippen molar-refractivity contribution in [3.05, 3.63) is 65.7 Å². The fraction of sp³-hybridized carbons (Fsp3) is 0.414. The summed E-state index contributed by atoms with van der Waals surface area (Å²) in [7, 11) is 3.10. The molecule has 2 aromatic rings. The van der Waals surface area contributed by atoms with Crippen LogP contribution in [0.5, 0.6) is 5.75 Å². The lowest BCUT2D eigenvalue weighted by molar-refractivity contribution is -0.139. The average Bonchev–Trinajstić information content (AvgIpc) is 2.96. The quantitative estimate of drug-likeness (QED) is 0.0711. The van der Waals surface area contributed by atoms with E-state index in [1.54, 1.807) is 19.2 Å². The van der Waals surface area contributed by atoms with Gasteiger partial charge in [0.05, 0.1) is 12.5 Å². The normalized spacial score (nSPS) is 12.8. The molecule has 0 heterocycles. The second kappa shape index (κ2) is 17.2. The number of hydrogen-bond donors (Lipinski definition) is 8. The van der Waals surface area contributed by atoms with E-state index in [0.29, 0.717) is 19.4 Å². The summed E-state index contributed by atoms with van der Waals surface area (Å²) in [5.74, 6) is -2.64. The number of nitrogens with two attached hydrogens (primary N) is 1. The lowest BCUT2D eigenvalue weighted by atomic mass is 10.0. The molecule has 2 rings (SSSR count). The van der Waals surface area contributed by atoms with Crippen LogP contribution in [0.3, 0.4) is 0 Å². The summed E-state index contributed by atoms with van der Waals surface area (Å²) >= 11 is 0. The van der Waals surface area contributed by atoms with Crippen molar-refractivity contribution in [1.29, 1.82) is 5.41 Å². The number of guanidine groups is 1. The van der Waals surface area contributed by atoms with E-state index in [1.807, 2.05) is 30.3 Å². The highest BCUT2D eigenvalue weighted by molar-refractivity contribution is 5.93. The van der Waals surface area contributed by atoms with E-state index in [9.17, 15) is 24.3 Å². The molecule has 0 aliphatic rings. The van der Waals surface area contributed by atoms with Crippen molar-refractivity contribution in [1.82, 2.24) is 26.2 Å². The standard InChI is InChI=1S/C29H41N7O6/c1-32-23(17-20-10-12-21(37)13-11-20)27(41)34-22(9-6-15-33-29(30)31)26(40)35-24(18-19-7-4-3-5-8-19)28(42)36(2)16-14-25(38)39/h3-5,7-8,10-13,22-24,32,37H,6,9,14-18H2,1-2H3,(H,34,41)(H,35,40)(H,38,39)(H4,30,31,33)/t22-,23+,24+/m1/s1. The Kier molecular flexibility index (Phi) is 13.8. The molecule has 0 spiro atoms. The van der Waals surface area contributed by atoms with Crippen molar-refractivity contribution in [3.8, 4) is 5.75 Å². The van der Waals surface area contributed by atoms with Gasteiger partial charge in [0, 0.05) is 26.6 Å². The lowest BCUT2D eigenvalue weighted by Crippen LogP contribution is -2.57. The molecule has 0 aliphatic heterocycles. The minimum atomic E-state index is -1.05. The van der Waals surface area contributed by atoms with Crippen LogP contribution in [0, 0.1) is 5.41 Å². The van der Waals surface area contributed by atoms with Crippen LogP contribution in [-0.2, 0) is 32.0 Å². The van der Waals surface area contributed by atoms with E-state index in [0.717, 1.165) is 11.1 Å². The molecule has 0 radical (unpaired) electrons. The van der Waals surface area contributed by atoms with Gasteiger partial charge in [0.1, 0.15) is 17.8 Å². The number of aliphatic carboxylic acids is 1. The topological polar surface area (TPSA) is 210 Å². The number of hydrogen-bond acceptors (Lipinski definition) is 7. The van der Waals surface area contributed by atoms with Gasteiger partial charge in [-0.05, 0) is 49.6 Å². The number of benzene rings is 2. The van der Waals surface area contributed by atoms with Crippen molar-refractivity contribution in [2.45, 2.75) is 50.2 Å². The third-order valence-electron chi connectivity index (χ3n) is 6.59. The first-order valence-electron chi connectivity index (χ1n) is 13.6. The maximum Gasteiger partial charge on any atom is 0.305 e. The van der Waals surface area contributed by atoms with Crippen molar-refractivity contribution in [2.24, 2.45) is 5.73 Å². The molecule has 13 nitrogen and oxygen atoms in total. The summed E-state index contributed by atoms with van der Waals surface area (Å²) < 4.78 is 0.